The second-order valence-electron chi connectivity index (χ2n) is 5.10. The molecule has 1 aromatic carbocycles. The second kappa shape index (κ2) is 4.98. The maximum atomic E-state index is 12.1. The fourth-order valence-electron chi connectivity index (χ4n) is 2.41. The molecule has 1 unspecified atom stereocenters. The van der Waals surface area contributed by atoms with Crippen LogP contribution in [0.4, 0.5) is 11.4 Å². The average molecular weight is 247 g/mol. The minimum absolute atomic E-state index is 0.0369. The van der Waals surface area contributed by atoms with Crippen molar-refractivity contribution in [2.75, 3.05) is 30.4 Å². The highest BCUT2D eigenvalue weighted by Gasteiger charge is 2.26. The summed E-state index contributed by atoms with van der Waals surface area (Å²) in [5.41, 5.74) is 9.13. The van der Waals surface area contributed by atoms with Crippen molar-refractivity contribution in [3.05, 3.63) is 23.8 Å². The van der Waals surface area contributed by atoms with Gasteiger partial charge in [-0.25, -0.2) is 0 Å². The number of amides is 1. The molecule has 1 aliphatic rings. The first-order chi connectivity index (χ1) is 8.50. The summed E-state index contributed by atoms with van der Waals surface area (Å²) < 4.78 is 0. The zero-order valence-corrected chi connectivity index (χ0v) is 11.3. The number of benzene rings is 1. The first-order valence-electron chi connectivity index (χ1n) is 6.35. The van der Waals surface area contributed by atoms with E-state index in [0.717, 1.165) is 30.8 Å². The monoisotopic (exact) mass is 247 g/mol. The first kappa shape index (κ1) is 12.9. The van der Waals surface area contributed by atoms with Crippen molar-refractivity contribution in [1.82, 2.24) is 0 Å². The Morgan fingerprint density at radius 2 is 2.11 bits per heavy atom. The highest BCUT2D eigenvalue weighted by molar-refractivity contribution is 5.98. The van der Waals surface area contributed by atoms with E-state index in [-0.39, 0.29) is 11.9 Å². The topological polar surface area (TPSA) is 49.6 Å². The number of rotatable bonds is 2. The van der Waals surface area contributed by atoms with Gasteiger partial charge < -0.3 is 15.5 Å². The van der Waals surface area contributed by atoms with Gasteiger partial charge in [-0.05, 0) is 37.5 Å². The molecule has 98 valence electrons. The number of aryl methyl sites for hydroxylation is 1. The molecule has 0 saturated carbocycles. The number of nitrogens with two attached hydrogens (primary N) is 1. The van der Waals surface area contributed by atoms with Gasteiger partial charge in [0.05, 0.1) is 6.04 Å². The van der Waals surface area contributed by atoms with Gasteiger partial charge in [-0.1, -0.05) is 6.07 Å². The van der Waals surface area contributed by atoms with Crippen LogP contribution in [-0.4, -0.2) is 32.6 Å². The number of anilines is 2. The lowest BCUT2D eigenvalue weighted by molar-refractivity contribution is -0.120. The fraction of sp³-hybridized carbons (Fsp3) is 0.500. The van der Waals surface area contributed by atoms with Gasteiger partial charge in [0.2, 0.25) is 5.91 Å². The molecule has 1 atom stereocenters. The van der Waals surface area contributed by atoms with Crippen molar-refractivity contribution in [2.24, 2.45) is 5.73 Å². The fourth-order valence-corrected chi connectivity index (χ4v) is 2.41. The van der Waals surface area contributed by atoms with Gasteiger partial charge in [-0.15, -0.1) is 0 Å². The number of carbonyl (C=O) groups is 1. The largest absolute Gasteiger partial charge is 0.377 e. The molecular weight excluding hydrogens is 226 g/mol. The standard InChI is InChI=1S/C14H21N3O/c1-10-6-7-11(9-13(10)16(2)3)17-8-4-5-12(15)14(17)18/h6-7,9,12H,4-5,8,15H2,1-3H3. The zero-order valence-electron chi connectivity index (χ0n) is 11.3. The van der Waals surface area contributed by atoms with E-state index in [4.69, 9.17) is 5.73 Å². The van der Waals surface area contributed by atoms with Crippen LogP contribution >= 0.6 is 0 Å². The van der Waals surface area contributed by atoms with Crippen molar-refractivity contribution in [3.8, 4) is 0 Å². The highest BCUT2D eigenvalue weighted by Crippen LogP contribution is 2.27. The Labute approximate surface area is 108 Å². The molecule has 2 rings (SSSR count). The minimum atomic E-state index is -0.345. The third-order valence-corrected chi connectivity index (χ3v) is 3.47. The van der Waals surface area contributed by atoms with Crippen LogP contribution in [0.5, 0.6) is 0 Å². The van der Waals surface area contributed by atoms with Crippen LogP contribution in [-0.2, 0) is 4.79 Å². The molecule has 4 nitrogen and oxygen atoms in total. The van der Waals surface area contributed by atoms with E-state index < -0.39 is 0 Å². The number of carbonyl (C=O) groups excluding carboxylic acids is 1. The molecule has 0 radical (unpaired) electrons. The number of hydrogen-bond acceptors (Lipinski definition) is 3. The summed E-state index contributed by atoms with van der Waals surface area (Å²) in [6, 6.07) is 5.77. The van der Waals surface area contributed by atoms with Gasteiger partial charge >= 0.3 is 0 Å². The smallest absolute Gasteiger partial charge is 0.243 e. The van der Waals surface area contributed by atoms with Gasteiger partial charge in [0, 0.05) is 32.0 Å². The van der Waals surface area contributed by atoms with Crippen molar-refractivity contribution in [1.29, 1.82) is 0 Å². The molecule has 1 saturated heterocycles. The van der Waals surface area contributed by atoms with E-state index in [1.54, 1.807) is 4.90 Å². The molecule has 1 heterocycles. The van der Waals surface area contributed by atoms with Gasteiger partial charge in [0.15, 0.2) is 0 Å². The molecule has 1 amide bonds. The first-order valence-corrected chi connectivity index (χ1v) is 6.35. The molecule has 1 fully saturated rings. The van der Waals surface area contributed by atoms with Crippen molar-refractivity contribution >= 4 is 17.3 Å². The Bertz CT molecular complexity index is 456. The second-order valence-corrected chi connectivity index (χ2v) is 5.10. The molecule has 0 bridgehead atoms. The number of hydrogen-bond donors (Lipinski definition) is 1. The minimum Gasteiger partial charge on any atom is -0.377 e. The van der Waals surface area contributed by atoms with Crippen LogP contribution in [0.1, 0.15) is 18.4 Å². The van der Waals surface area contributed by atoms with Gasteiger partial charge in [-0.2, -0.15) is 0 Å². The normalized spacial score (nSPS) is 20.1. The van der Waals surface area contributed by atoms with Crippen LogP contribution in [0.3, 0.4) is 0 Å². The van der Waals surface area contributed by atoms with E-state index in [0.29, 0.717) is 0 Å². The van der Waals surface area contributed by atoms with E-state index in [2.05, 4.69) is 24.0 Å². The summed E-state index contributed by atoms with van der Waals surface area (Å²) >= 11 is 0. The van der Waals surface area contributed by atoms with Crippen molar-refractivity contribution in [3.63, 3.8) is 0 Å². The van der Waals surface area contributed by atoms with Gasteiger partial charge in [-0.3, -0.25) is 4.79 Å². The summed E-state index contributed by atoms with van der Waals surface area (Å²) in [4.78, 5) is 15.9. The molecule has 18 heavy (non-hydrogen) atoms. The van der Waals surface area contributed by atoms with Crippen LogP contribution in [0, 0.1) is 6.92 Å². The Morgan fingerprint density at radius 3 is 2.78 bits per heavy atom. The van der Waals surface area contributed by atoms with Gasteiger partial charge in [0.25, 0.3) is 0 Å². The lowest BCUT2D eigenvalue weighted by atomic mass is 10.0. The Kier molecular flexibility index (Phi) is 3.57. The number of piperidine rings is 1. The molecule has 4 heteroatoms. The van der Waals surface area contributed by atoms with Crippen molar-refractivity contribution < 1.29 is 4.79 Å². The maximum Gasteiger partial charge on any atom is 0.243 e. The molecule has 0 aromatic heterocycles. The summed E-state index contributed by atoms with van der Waals surface area (Å²) in [6.07, 6.45) is 1.76. The molecule has 2 N–H and O–H groups in total. The van der Waals surface area contributed by atoms with Crippen molar-refractivity contribution in [2.45, 2.75) is 25.8 Å². The third-order valence-electron chi connectivity index (χ3n) is 3.47. The Morgan fingerprint density at radius 1 is 1.39 bits per heavy atom. The van der Waals surface area contributed by atoms with E-state index >= 15 is 0 Å². The molecule has 1 aliphatic heterocycles. The summed E-state index contributed by atoms with van der Waals surface area (Å²) in [5, 5.41) is 0. The lowest BCUT2D eigenvalue weighted by Crippen LogP contribution is -2.48. The Hall–Kier alpha value is -1.55. The Balaban J connectivity index is 2.33. The summed E-state index contributed by atoms with van der Waals surface area (Å²) in [6.45, 7) is 2.84. The molecule has 0 spiro atoms. The maximum absolute atomic E-state index is 12.1. The predicted octanol–water partition coefficient (Wildman–Crippen LogP) is 1.52. The van der Waals surface area contributed by atoms with Crippen LogP contribution in [0.15, 0.2) is 18.2 Å². The van der Waals surface area contributed by atoms with Gasteiger partial charge in [0.1, 0.15) is 0 Å². The van der Waals surface area contributed by atoms with Crippen LogP contribution in [0.25, 0.3) is 0 Å². The van der Waals surface area contributed by atoms with E-state index in [9.17, 15) is 4.79 Å². The molecule has 0 aliphatic carbocycles. The van der Waals surface area contributed by atoms with Crippen LogP contribution < -0.4 is 15.5 Å². The highest BCUT2D eigenvalue weighted by atomic mass is 16.2. The number of nitrogens with zero attached hydrogens (tertiary/aromatic N) is 2. The average Bonchev–Trinajstić information content (AvgIpc) is 2.33. The molecule has 1 aromatic rings. The third kappa shape index (κ3) is 2.34. The molecular formula is C14H21N3O. The predicted molar refractivity (Wildman–Crippen MR) is 75.1 cm³/mol. The zero-order chi connectivity index (χ0) is 13.3. The summed E-state index contributed by atoms with van der Waals surface area (Å²) in [7, 11) is 4.02. The lowest BCUT2D eigenvalue weighted by Gasteiger charge is -2.31. The summed E-state index contributed by atoms with van der Waals surface area (Å²) in [5.74, 6) is 0.0369. The SMILES string of the molecule is Cc1ccc(N2CCCC(N)C2=O)cc1N(C)C. The van der Waals surface area contributed by atoms with E-state index in [1.807, 2.05) is 20.2 Å². The quantitative estimate of drug-likeness (QED) is 0.862. The van der Waals surface area contributed by atoms with E-state index in [1.165, 1.54) is 5.56 Å². The van der Waals surface area contributed by atoms with Crippen LogP contribution in [0.2, 0.25) is 0 Å².